The van der Waals surface area contributed by atoms with Gasteiger partial charge in [-0.15, -0.1) is 0 Å². The highest BCUT2D eigenvalue weighted by Crippen LogP contribution is 2.31. The Kier molecular flexibility index (Phi) is 3.94. The minimum absolute atomic E-state index is 0.481. The van der Waals surface area contributed by atoms with E-state index in [2.05, 4.69) is 0 Å². The molecule has 3 heteroatoms. The molecule has 0 unspecified atom stereocenters. The summed E-state index contributed by atoms with van der Waals surface area (Å²) in [7, 11) is 0. The van der Waals surface area contributed by atoms with Crippen LogP contribution in [0.1, 0.15) is 12.5 Å². The van der Waals surface area contributed by atoms with Crippen LogP contribution in [0.4, 0.5) is 0 Å². The molecule has 128 valence electrons. The first-order chi connectivity index (χ1) is 12.6. The lowest BCUT2D eigenvalue weighted by atomic mass is 9.89. The summed E-state index contributed by atoms with van der Waals surface area (Å²) >= 11 is 0. The minimum atomic E-state index is -1.27. The van der Waals surface area contributed by atoms with Crippen molar-refractivity contribution in [3.05, 3.63) is 90.5 Å². The van der Waals surface area contributed by atoms with Crippen LogP contribution in [0.25, 0.3) is 21.5 Å². The molecule has 3 nitrogen and oxygen atoms in total. The van der Waals surface area contributed by atoms with Gasteiger partial charge in [0.25, 0.3) is 0 Å². The molecule has 4 aromatic carbocycles. The standard InChI is InChI=1S/C23H19NO2/c1-23(24,20-14-6-10-16-8-2-4-12-18(16)20)22(25)26-21-15-7-11-17-9-3-5-13-19(17)21/h2-15H,24H2,1H3/t23-/m1/s1. The quantitative estimate of drug-likeness (QED) is 0.431. The average molecular weight is 341 g/mol. The number of hydrogen-bond acceptors (Lipinski definition) is 3. The lowest BCUT2D eigenvalue weighted by Gasteiger charge is -2.25. The summed E-state index contributed by atoms with van der Waals surface area (Å²) in [4.78, 5) is 13.0. The fraction of sp³-hybridized carbons (Fsp3) is 0.0870. The molecule has 26 heavy (non-hydrogen) atoms. The van der Waals surface area contributed by atoms with Crippen molar-refractivity contribution in [1.82, 2.24) is 0 Å². The summed E-state index contributed by atoms with van der Waals surface area (Å²) in [6.07, 6.45) is 0. The molecule has 4 rings (SSSR count). The maximum absolute atomic E-state index is 13.0. The Hall–Kier alpha value is -3.17. The van der Waals surface area contributed by atoms with Crippen LogP contribution in [-0.2, 0) is 10.3 Å². The highest BCUT2D eigenvalue weighted by molar-refractivity contribution is 5.96. The van der Waals surface area contributed by atoms with Crippen molar-refractivity contribution < 1.29 is 9.53 Å². The largest absolute Gasteiger partial charge is 0.424 e. The maximum atomic E-state index is 13.0. The number of carbonyl (C=O) groups excluding carboxylic acids is 1. The van der Waals surface area contributed by atoms with E-state index in [0.29, 0.717) is 5.75 Å². The van der Waals surface area contributed by atoms with Gasteiger partial charge in [-0.05, 0) is 34.7 Å². The van der Waals surface area contributed by atoms with Crippen molar-refractivity contribution in [3.63, 3.8) is 0 Å². The van der Waals surface area contributed by atoms with Gasteiger partial charge < -0.3 is 10.5 Å². The molecule has 0 aliphatic carbocycles. The van der Waals surface area contributed by atoms with E-state index in [0.717, 1.165) is 27.1 Å². The van der Waals surface area contributed by atoms with E-state index in [9.17, 15) is 4.79 Å². The number of esters is 1. The van der Waals surface area contributed by atoms with E-state index >= 15 is 0 Å². The molecule has 0 heterocycles. The van der Waals surface area contributed by atoms with Crippen LogP contribution in [0, 0.1) is 0 Å². The summed E-state index contributed by atoms with van der Waals surface area (Å²) in [6.45, 7) is 1.70. The van der Waals surface area contributed by atoms with Crippen molar-refractivity contribution in [2.45, 2.75) is 12.5 Å². The molecule has 0 aromatic heterocycles. The number of ether oxygens (including phenoxy) is 1. The molecule has 0 radical (unpaired) electrons. The van der Waals surface area contributed by atoms with Gasteiger partial charge in [0.15, 0.2) is 0 Å². The van der Waals surface area contributed by atoms with Gasteiger partial charge in [-0.3, -0.25) is 0 Å². The summed E-state index contributed by atoms with van der Waals surface area (Å²) in [5.41, 5.74) is 5.95. The first kappa shape index (κ1) is 16.3. The van der Waals surface area contributed by atoms with E-state index in [1.165, 1.54) is 0 Å². The van der Waals surface area contributed by atoms with Gasteiger partial charge in [-0.2, -0.15) is 0 Å². The van der Waals surface area contributed by atoms with E-state index in [1.54, 1.807) is 13.0 Å². The fourth-order valence-corrected chi connectivity index (χ4v) is 3.28. The third kappa shape index (κ3) is 2.72. The Bertz CT molecular complexity index is 1100. The summed E-state index contributed by atoms with van der Waals surface area (Å²) in [5.74, 6) is 0.0372. The smallest absolute Gasteiger partial charge is 0.335 e. The molecule has 0 aliphatic rings. The van der Waals surface area contributed by atoms with Crippen LogP contribution in [0.5, 0.6) is 5.75 Å². The van der Waals surface area contributed by atoms with Crippen molar-refractivity contribution >= 4 is 27.5 Å². The lowest BCUT2D eigenvalue weighted by molar-refractivity contribution is -0.140. The lowest BCUT2D eigenvalue weighted by Crippen LogP contribution is -2.44. The van der Waals surface area contributed by atoms with Gasteiger partial charge in [-0.25, -0.2) is 4.79 Å². The Balaban J connectivity index is 1.74. The normalized spacial score (nSPS) is 13.5. The molecule has 0 saturated carbocycles. The van der Waals surface area contributed by atoms with Crippen LogP contribution in [0.3, 0.4) is 0 Å². The van der Waals surface area contributed by atoms with E-state index in [4.69, 9.17) is 10.5 Å². The van der Waals surface area contributed by atoms with E-state index in [1.807, 2.05) is 78.9 Å². The number of rotatable bonds is 3. The molecule has 0 aliphatic heterocycles. The Morgan fingerprint density at radius 1 is 0.769 bits per heavy atom. The van der Waals surface area contributed by atoms with Gasteiger partial charge in [-0.1, -0.05) is 78.9 Å². The number of benzene rings is 4. The predicted molar refractivity (Wildman–Crippen MR) is 105 cm³/mol. The van der Waals surface area contributed by atoms with E-state index in [-0.39, 0.29) is 0 Å². The molecule has 0 saturated heterocycles. The first-order valence-corrected chi connectivity index (χ1v) is 8.54. The number of carbonyl (C=O) groups is 1. The molecule has 0 fully saturated rings. The van der Waals surface area contributed by atoms with Crippen molar-refractivity contribution in [2.75, 3.05) is 0 Å². The maximum Gasteiger partial charge on any atom is 0.335 e. The second-order valence-electron chi connectivity index (χ2n) is 6.60. The van der Waals surface area contributed by atoms with Gasteiger partial charge in [0.05, 0.1) is 0 Å². The van der Waals surface area contributed by atoms with Crippen LogP contribution in [0.15, 0.2) is 84.9 Å². The molecule has 0 amide bonds. The van der Waals surface area contributed by atoms with Gasteiger partial charge in [0.1, 0.15) is 11.3 Å². The first-order valence-electron chi connectivity index (χ1n) is 8.54. The Morgan fingerprint density at radius 3 is 2.04 bits per heavy atom. The third-order valence-electron chi connectivity index (χ3n) is 4.73. The zero-order chi connectivity index (χ0) is 18.1. The topological polar surface area (TPSA) is 52.3 Å². The summed E-state index contributed by atoms with van der Waals surface area (Å²) in [5, 5.41) is 3.90. The molecule has 4 aromatic rings. The molecule has 0 spiro atoms. The second kappa shape index (κ2) is 6.28. The van der Waals surface area contributed by atoms with Crippen LogP contribution in [0.2, 0.25) is 0 Å². The second-order valence-corrected chi connectivity index (χ2v) is 6.60. The van der Waals surface area contributed by atoms with Gasteiger partial charge in [0.2, 0.25) is 0 Å². The summed E-state index contributed by atoms with van der Waals surface area (Å²) in [6, 6.07) is 27.1. The monoisotopic (exact) mass is 341 g/mol. The SMILES string of the molecule is C[C@](N)(C(=O)Oc1cccc2ccccc12)c1cccc2ccccc12. The van der Waals surface area contributed by atoms with E-state index < -0.39 is 11.5 Å². The van der Waals surface area contributed by atoms with Gasteiger partial charge >= 0.3 is 5.97 Å². The molecule has 0 bridgehead atoms. The van der Waals surface area contributed by atoms with Crippen LogP contribution < -0.4 is 10.5 Å². The average Bonchev–Trinajstić information content (AvgIpc) is 2.67. The highest BCUT2D eigenvalue weighted by Gasteiger charge is 2.34. The van der Waals surface area contributed by atoms with Gasteiger partial charge in [0, 0.05) is 5.39 Å². The zero-order valence-electron chi connectivity index (χ0n) is 14.5. The Morgan fingerprint density at radius 2 is 1.31 bits per heavy atom. The number of fused-ring (bicyclic) bond motifs is 2. The molecule has 2 N–H and O–H groups in total. The van der Waals surface area contributed by atoms with Crippen molar-refractivity contribution in [2.24, 2.45) is 5.73 Å². The zero-order valence-corrected chi connectivity index (χ0v) is 14.5. The van der Waals surface area contributed by atoms with Crippen molar-refractivity contribution in [1.29, 1.82) is 0 Å². The third-order valence-corrected chi connectivity index (χ3v) is 4.73. The minimum Gasteiger partial charge on any atom is -0.424 e. The molecular formula is C23H19NO2. The fourth-order valence-electron chi connectivity index (χ4n) is 3.28. The van der Waals surface area contributed by atoms with Crippen LogP contribution >= 0.6 is 0 Å². The number of nitrogens with two attached hydrogens (primary N) is 1. The van der Waals surface area contributed by atoms with Crippen molar-refractivity contribution in [3.8, 4) is 5.75 Å². The number of hydrogen-bond donors (Lipinski definition) is 1. The van der Waals surface area contributed by atoms with Crippen LogP contribution in [-0.4, -0.2) is 5.97 Å². The summed E-state index contributed by atoms with van der Waals surface area (Å²) < 4.78 is 5.73. The molecular weight excluding hydrogens is 322 g/mol. The highest BCUT2D eigenvalue weighted by atomic mass is 16.5. The predicted octanol–water partition coefficient (Wildman–Crippen LogP) is 4.77. The molecule has 1 atom stereocenters. The Labute approximate surface area is 152 Å².